The Morgan fingerprint density at radius 2 is 1.79 bits per heavy atom. The maximum Gasteiger partial charge on any atom is 0.237 e. The van der Waals surface area contributed by atoms with Gasteiger partial charge in [-0.25, -0.2) is 30.0 Å². The fraction of sp³-hybridized carbons (Fsp3) is 0.235. The van der Waals surface area contributed by atoms with E-state index in [-0.39, 0.29) is 21.1 Å². The molecule has 3 rings (SSSR count). The molecule has 156 valence electrons. The number of aromatic nitrogens is 1. The third kappa shape index (κ3) is 5.04. The van der Waals surface area contributed by atoms with Gasteiger partial charge in [-0.2, -0.15) is 0 Å². The van der Waals surface area contributed by atoms with Gasteiger partial charge in [0.05, 0.1) is 21.3 Å². The van der Waals surface area contributed by atoms with Crippen molar-refractivity contribution in [3.05, 3.63) is 70.4 Å². The van der Waals surface area contributed by atoms with Crippen molar-refractivity contribution in [3.8, 4) is 0 Å². The van der Waals surface area contributed by atoms with Crippen molar-refractivity contribution in [2.45, 2.75) is 10.1 Å². The number of pyridine rings is 1. The van der Waals surface area contributed by atoms with E-state index in [9.17, 15) is 25.3 Å². The summed E-state index contributed by atoms with van der Waals surface area (Å²) in [5.41, 5.74) is 0.290. The number of hydrogen-bond donors (Lipinski definition) is 1. The fourth-order valence-corrected chi connectivity index (χ4v) is 7.92. The molecule has 1 unspecified atom stereocenters. The molecule has 8 nitrogen and oxygen atoms in total. The van der Waals surface area contributed by atoms with E-state index in [1.165, 1.54) is 42.7 Å². The first-order chi connectivity index (χ1) is 13.5. The first-order valence-electron chi connectivity index (χ1n) is 8.30. The molecule has 0 radical (unpaired) electrons. The molecule has 0 amide bonds. The molecule has 12 heteroatoms. The Balaban J connectivity index is 1.92. The van der Waals surface area contributed by atoms with Gasteiger partial charge in [0.25, 0.3) is 0 Å². The Labute approximate surface area is 174 Å². The van der Waals surface area contributed by atoms with E-state index in [1.54, 1.807) is 6.07 Å². The summed E-state index contributed by atoms with van der Waals surface area (Å²) in [6.07, 6.45) is 3.92. The summed E-state index contributed by atoms with van der Waals surface area (Å²) in [7, 11) is -11.7. The van der Waals surface area contributed by atoms with E-state index in [0.29, 0.717) is 5.02 Å². The largest absolute Gasteiger partial charge is 0.264 e. The van der Waals surface area contributed by atoms with E-state index in [4.69, 9.17) is 11.6 Å². The van der Waals surface area contributed by atoms with Crippen molar-refractivity contribution in [1.82, 2.24) is 9.71 Å². The maximum atomic E-state index is 13.2. The monoisotopic (exact) mass is 476 g/mol. The van der Waals surface area contributed by atoms with E-state index < -0.39 is 47.2 Å². The second kappa shape index (κ2) is 8.15. The lowest BCUT2D eigenvalue weighted by atomic mass is 10.2. The maximum absolute atomic E-state index is 13.2. The highest BCUT2D eigenvalue weighted by atomic mass is 35.5. The topological polar surface area (TPSA) is 127 Å². The van der Waals surface area contributed by atoms with Crippen molar-refractivity contribution >= 4 is 41.3 Å². The Morgan fingerprint density at radius 3 is 2.34 bits per heavy atom. The molecular weight excluding hydrogens is 460 g/mol. The van der Waals surface area contributed by atoms with Gasteiger partial charge in [-0.05, 0) is 35.9 Å². The van der Waals surface area contributed by atoms with Crippen LogP contribution >= 0.6 is 11.6 Å². The van der Waals surface area contributed by atoms with Crippen molar-refractivity contribution in [2.24, 2.45) is 0 Å². The van der Waals surface area contributed by atoms with Crippen LogP contribution in [0.3, 0.4) is 0 Å². The van der Waals surface area contributed by atoms with Gasteiger partial charge in [-0.3, -0.25) is 4.98 Å². The molecule has 1 aliphatic rings. The highest BCUT2D eigenvalue weighted by molar-refractivity contribution is 7.97. The number of sulfone groups is 2. The van der Waals surface area contributed by atoms with Gasteiger partial charge >= 0.3 is 0 Å². The molecule has 0 bridgehead atoms. The van der Waals surface area contributed by atoms with E-state index in [0.717, 1.165) is 6.08 Å². The molecule has 0 saturated carbocycles. The van der Waals surface area contributed by atoms with Crippen LogP contribution in [0, 0.1) is 0 Å². The zero-order valence-electron chi connectivity index (χ0n) is 14.9. The van der Waals surface area contributed by atoms with Crippen LogP contribution in [0.25, 0.3) is 0 Å². The van der Waals surface area contributed by atoms with E-state index in [2.05, 4.69) is 9.71 Å². The molecule has 2 heterocycles. The Bertz CT molecular complexity index is 1240. The van der Waals surface area contributed by atoms with Crippen LogP contribution in [0.1, 0.15) is 10.8 Å². The lowest BCUT2D eigenvalue weighted by molar-refractivity contribution is 0.570. The lowest BCUT2D eigenvalue weighted by Gasteiger charge is -2.19. The first kappa shape index (κ1) is 21.9. The van der Waals surface area contributed by atoms with Gasteiger partial charge in [-0.1, -0.05) is 23.7 Å². The molecule has 1 atom stereocenters. The highest BCUT2D eigenvalue weighted by Gasteiger charge is 2.33. The van der Waals surface area contributed by atoms with Gasteiger partial charge < -0.3 is 0 Å². The lowest BCUT2D eigenvalue weighted by Crippen LogP contribution is -2.33. The quantitative estimate of drug-likeness (QED) is 0.641. The number of benzene rings is 1. The normalized spacial score (nSPS) is 17.6. The summed E-state index contributed by atoms with van der Waals surface area (Å²) >= 11 is 5.82. The summed E-state index contributed by atoms with van der Waals surface area (Å²) in [4.78, 5) is 3.60. The average Bonchev–Trinajstić information content (AvgIpc) is 3.03. The fourth-order valence-electron chi connectivity index (χ4n) is 2.78. The molecule has 0 saturated heterocycles. The van der Waals surface area contributed by atoms with Crippen molar-refractivity contribution in [1.29, 1.82) is 0 Å². The molecule has 0 fully saturated rings. The smallest absolute Gasteiger partial charge is 0.237 e. The summed E-state index contributed by atoms with van der Waals surface area (Å²) in [6, 6.07) is 8.59. The zero-order chi connectivity index (χ0) is 21.3. The number of nitrogens with one attached hydrogen (secondary N) is 1. The van der Waals surface area contributed by atoms with Crippen LogP contribution in [0.15, 0.2) is 64.7 Å². The molecule has 1 aromatic carbocycles. The van der Waals surface area contributed by atoms with Crippen molar-refractivity contribution in [2.75, 3.05) is 18.1 Å². The predicted octanol–water partition coefficient (Wildman–Crippen LogP) is 1.48. The number of nitrogens with zero attached hydrogens (tertiary/aromatic N) is 1. The molecule has 1 aromatic heterocycles. The summed E-state index contributed by atoms with van der Waals surface area (Å²) < 4.78 is 76.7. The molecule has 1 N–H and O–H groups in total. The summed E-state index contributed by atoms with van der Waals surface area (Å²) in [5, 5.41) is -0.914. The van der Waals surface area contributed by atoms with Gasteiger partial charge in [0, 0.05) is 24.0 Å². The molecule has 0 aliphatic carbocycles. The molecule has 1 aliphatic heterocycles. The van der Waals surface area contributed by atoms with Crippen LogP contribution in [-0.2, 0) is 29.7 Å². The zero-order valence-corrected chi connectivity index (χ0v) is 18.1. The third-order valence-electron chi connectivity index (χ3n) is 4.30. The predicted molar refractivity (Wildman–Crippen MR) is 109 cm³/mol. The number of hydrogen-bond acceptors (Lipinski definition) is 7. The van der Waals surface area contributed by atoms with Crippen LogP contribution in [0.5, 0.6) is 0 Å². The van der Waals surface area contributed by atoms with Gasteiger partial charge in [0.2, 0.25) is 10.0 Å². The van der Waals surface area contributed by atoms with Gasteiger partial charge in [-0.15, -0.1) is 0 Å². The van der Waals surface area contributed by atoms with E-state index in [1.807, 2.05) is 0 Å². The average molecular weight is 477 g/mol. The standard InChI is InChI=1S/C17H17ClN2O6S3/c18-14-3-5-15(6-4-14)28(23,24)17(13-2-1-8-19-10-13)11-20-29(25,26)16-7-9-27(21,22)12-16/h1-8,10,17,20H,9,11-12H2. The third-order valence-corrected chi connectivity index (χ3v) is 9.83. The second-order valence-electron chi connectivity index (χ2n) is 6.35. The minimum atomic E-state index is -4.16. The van der Waals surface area contributed by atoms with Crippen molar-refractivity contribution in [3.63, 3.8) is 0 Å². The number of halogens is 1. The molecule has 29 heavy (non-hydrogen) atoms. The molecule has 2 aromatic rings. The summed E-state index contributed by atoms with van der Waals surface area (Å²) in [5.74, 6) is -0.970. The van der Waals surface area contributed by atoms with Crippen LogP contribution in [0.4, 0.5) is 0 Å². The SMILES string of the molecule is O=S1(=O)CC=C(S(=O)(=O)NCC(c2cccnc2)S(=O)(=O)c2ccc(Cl)cc2)C1. The van der Waals surface area contributed by atoms with Crippen molar-refractivity contribution < 1.29 is 25.3 Å². The van der Waals surface area contributed by atoms with Crippen LogP contribution in [-0.4, -0.2) is 48.3 Å². The summed E-state index contributed by atoms with van der Waals surface area (Å²) in [6.45, 7) is -0.490. The number of rotatable bonds is 7. The van der Waals surface area contributed by atoms with Gasteiger partial charge in [0.15, 0.2) is 19.7 Å². The van der Waals surface area contributed by atoms with Crippen LogP contribution < -0.4 is 4.72 Å². The van der Waals surface area contributed by atoms with E-state index >= 15 is 0 Å². The molecular formula is C17H17ClN2O6S3. The first-order valence-corrected chi connectivity index (χ1v) is 13.5. The Kier molecular flexibility index (Phi) is 6.16. The minimum Gasteiger partial charge on any atom is -0.264 e. The minimum absolute atomic E-state index is 0.0300. The second-order valence-corrected chi connectivity index (χ2v) is 12.8. The Hall–Kier alpha value is -1.79. The highest BCUT2D eigenvalue weighted by Crippen LogP contribution is 2.29. The molecule has 0 spiro atoms. The number of sulfonamides is 1. The van der Waals surface area contributed by atoms with Gasteiger partial charge in [0.1, 0.15) is 5.25 Å². The van der Waals surface area contributed by atoms with Crippen LogP contribution in [0.2, 0.25) is 5.02 Å². The Morgan fingerprint density at radius 1 is 1.10 bits per heavy atom.